The van der Waals surface area contributed by atoms with Crippen molar-refractivity contribution in [2.75, 3.05) is 11.4 Å². The summed E-state index contributed by atoms with van der Waals surface area (Å²) in [5, 5.41) is 2.72. The van der Waals surface area contributed by atoms with Crippen molar-refractivity contribution in [2.24, 2.45) is 0 Å². The normalized spacial score (nSPS) is 17.3. The highest BCUT2D eigenvalue weighted by molar-refractivity contribution is 5.72. The van der Waals surface area contributed by atoms with Crippen LogP contribution in [0.25, 0.3) is 0 Å². The highest BCUT2D eigenvalue weighted by Gasteiger charge is 2.28. The third-order valence-corrected chi connectivity index (χ3v) is 3.82. The first kappa shape index (κ1) is 15.3. The number of nitrogens with zero attached hydrogens (tertiary/aromatic N) is 4. The number of halogens is 1. The van der Waals surface area contributed by atoms with Crippen molar-refractivity contribution < 1.29 is 9.18 Å². The number of aromatic nitrogens is 3. The molecule has 7 heteroatoms. The second-order valence-electron chi connectivity index (χ2n) is 5.53. The summed E-state index contributed by atoms with van der Waals surface area (Å²) in [4.78, 5) is 26.1. The topological polar surface area (TPSA) is 71.0 Å². The Hall–Kier alpha value is -2.57. The Bertz CT molecular complexity index is 691. The first-order chi connectivity index (χ1) is 11.1. The zero-order valence-electron chi connectivity index (χ0n) is 12.9. The molecule has 1 N–H and O–H groups in total. The number of hydrogen-bond donors (Lipinski definition) is 1. The summed E-state index contributed by atoms with van der Waals surface area (Å²) in [6.45, 7) is 2.68. The van der Waals surface area contributed by atoms with E-state index in [4.69, 9.17) is 0 Å². The monoisotopic (exact) mass is 315 g/mol. The maximum atomic E-state index is 13.1. The molecule has 1 atom stereocenters. The average molecular weight is 315 g/mol. The van der Waals surface area contributed by atoms with E-state index in [0.29, 0.717) is 6.54 Å². The molecule has 3 rings (SSSR count). The Morgan fingerprint density at radius 3 is 3.00 bits per heavy atom. The van der Waals surface area contributed by atoms with Crippen LogP contribution in [0.4, 0.5) is 10.2 Å². The predicted molar refractivity (Wildman–Crippen MR) is 83.1 cm³/mol. The van der Waals surface area contributed by atoms with Gasteiger partial charge in [-0.1, -0.05) is 0 Å². The number of hydrogen-bond acceptors (Lipinski definition) is 5. The number of rotatable bonds is 4. The van der Waals surface area contributed by atoms with Crippen LogP contribution in [0.15, 0.2) is 30.7 Å². The Morgan fingerprint density at radius 1 is 1.39 bits per heavy atom. The van der Waals surface area contributed by atoms with Crippen LogP contribution in [0.5, 0.6) is 0 Å². The lowest BCUT2D eigenvalue weighted by molar-refractivity contribution is -0.119. The van der Waals surface area contributed by atoms with Gasteiger partial charge in [-0.05, 0) is 25.0 Å². The minimum Gasteiger partial charge on any atom is -0.351 e. The first-order valence-electron chi connectivity index (χ1n) is 7.57. The molecule has 0 aromatic carbocycles. The van der Waals surface area contributed by atoms with Gasteiger partial charge in [0, 0.05) is 13.5 Å². The Balaban J connectivity index is 1.80. The molecule has 3 heterocycles. The SMILES string of the molecule is CC(=O)NCc1cncc([C@H]2CCCN2c2ccc(F)cn2)n1. The number of anilines is 1. The number of pyridine rings is 1. The van der Waals surface area contributed by atoms with E-state index in [2.05, 4.69) is 25.2 Å². The molecule has 0 saturated carbocycles. The van der Waals surface area contributed by atoms with Gasteiger partial charge in [-0.3, -0.25) is 14.8 Å². The fraction of sp³-hybridized carbons (Fsp3) is 0.375. The Morgan fingerprint density at radius 2 is 2.26 bits per heavy atom. The minimum atomic E-state index is -0.346. The molecular weight excluding hydrogens is 297 g/mol. The third kappa shape index (κ3) is 3.61. The van der Waals surface area contributed by atoms with Crippen molar-refractivity contribution >= 4 is 11.7 Å². The molecule has 0 radical (unpaired) electrons. The van der Waals surface area contributed by atoms with E-state index in [1.54, 1.807) is 18.5 Å². The molecule has 0 bridgehead atoms. The molecule has 1 amide bonds. The van der Waals surface area contributed by atoms with Crippen LogP contribution in [0.2, 0.25) is 0 Å². The van der Waals surface area contributed by atoms with Crippen LogP contribution in [-0.4, -0.2) is 27.4 Å². The van der Waals surface area contributed by atoms with Crippen molar-refractivity contribution in [1.29, 1.82) is 0 Å². The molecule has 1 saturated heterocycles. The highest BCUT2D eigenvalue weighted by Crippen LogP contribution is 2.33. The van der Waals surface area contributed by atoms with Crippen LogP contribution in [-0.2, 0) is 11.3 Å². The maximum Gasteiger partial charge on any atom is 0.217 e. The van der Waals surface area contributed by atoms with E-state index in [-0.39, 0.29) is 17.8 Å². The maximum absolute atomic E-state index is 13.1. The minimum absolute atomic E-state index is 0.0674. The second kappa shape index (κ2) is 6.68. The van der Waals surface area contributed by atoms with Gasteiger partial charge >= 0.3 is 0 Å². The molecule has 2 aromatic rings. The molecule has 2 aromatic heterocycles. The van der Waals surface area contributed by atoms with Crippen molar-refractivity contribution in [3.63, 3.8) is 0 Å². The van der Waals surface area contributed by atoms with E-state index in [1.807, 2.05) is 0 Å². The van der Waals surface area contributed by atoms with Crippen molar-refractivity contribution in [3.8, 4) is 0 Å². The molecule has 0 spiro atoms. The van der Waals surface area contributed by atoms with Gasteiger partial charge in [0.25, 0.3) is 0 Å². The summed E-state index contributed by atoms with van der Waals surface area (Å²) in [5.41, 5.74) is 1.56. The van der Waals surface area contributed by atoms with Crippen LogP contribution in [0, 0.1) is 5.82 Å². The fourth-order valence-electron chi connectivity index (χ4n) is 2.77. The van der Waals surface area contributed by atoms with Crippen molar-refractivity contribution in [3.05, 3.63) is 47.9 Å². The largest absolute Gasteiger partial charge is 0.351 e. The van der Waals surface area contributed by atoms with Gasteiger partial charge in [-0.2, -0.15) is 0 Å². The highest BCUT2D eigenvalue weighted by atomic mass is 19.1. The molecule has 23 heavy (non-hydrogen) atoms. The molecule has 1 fully saturated rings. The van der Waals surface area contributed by atoms with Crippen LogP contribution >= 0.6 is 0 Å². The lowest BCUT2D eigenvalue weighted by Crippen LogP contribution is -2.25. The average Bonchev–Trinajstić information content (AvgIpc) is 3.03. The molecule has 1 aliphatic heterocycles. The lowest BCUT2D eigenvalue weighted by atomic mass is 10.1. The summed E-state index contributed by atoms with van der Waals surface area (Å²) in [6.07, 6.45) is 6.57. The van der Waals surface area contributed by atoms with E-state index in [0.717, 1.165) is 36.6 Å². The van der Waals surface area contributed by atoms with Crippen molar-refractivity contribution in [1.82, 2.24) is 20.3 Å². The molecule has 6 nitrogen and oxygen atoms in total. The van der Waals surface area contributed by atoms with Crippen LogP contribution in [0.1, 0.15) is 37.2 Å². The fourth-order valence-corrected chi connectivity index (χ4v) is 2.77. The third-order valence-electron chi connectivity index (χ3n) is 3.82. The smallest absolute Gasteiger partial charge is 0.217 e. The molecule has 120 valence electrons. The van der Waals surface area contributed by atoms with E-state index in [9.17, 15) is 9.18 Å². The molecule has 0 aliphatic carbocycles. The lowest BCUT2D eigenvalue weighted by Gasteiger charge is -2.25. The van der Waals surface area contributed by atoms with Gasteiger partial charge < -0.3 is 10.2 Å². The van der Waals surface area contributed by atoms with Gasteiger partial charge in [-0.15, -0.1) is 0 Å². The molecule has 1 aliphatic rings. The van der Waals surface area contributed by atoms with Crippen LogP contribution < -0.4 is 10.2 Å². The van der Waals surface area contributed by atoms with Gasteiger partial charge in [-0.25, -0.2) is 9.37 Å². The van der Waals surface area contributed by atoms with Gasteiger partial charge in [0.05, 0.1) is 42.6 Å². The van der Waals surface area contributed by atoms with Crippen molar-refractivity contribution in [2.45, 2.75) is 32.4 Å². The Labute approximate surface area is 133 Å². The zero-order valence-corrected chi connectivity index (χ0v) is 12.9. The number of amides is 1. The van der Waals surface area contributed by atoms with Crippen LogP contribution in [0.3, 0.4) is 0 Å². The van der Waals surface area contributed by atoms with Gasteiger partial charge in [0.15, 0.2) is 0 Å². The predicted octanol–water partition coefficient (Wildman–Crippen LogP) is 1.99. The summed E-state index contributed by atoms with van der Waals surface area (Å²) in [6, 6.07) is 3.16. The number of carbonyl (C=O) groups is 1. The molecule has 0 unspecified atom stereocenters. The first-order valence-corrected chi connectivity index (χ1v) is 7.57. The molecular formula is C16H18FN5O. The standard InChI is InChI=1S/C16H18FN5O/c1-11(23)19-9-13-8-18-10-14(21-13)15-3-2-6-22(15)16-5-4-12(17)7-20-16/h4-5,7-8,10,15H,2-3,6,9H2,1H3,(H,19,23)/t15-/m1/s1. The quantitative estimate of drug-likeness (QED) is 0.934. The summed E-state index contributed by atoms with van der Waals surface area (Å²) >= 11 is 0. The summed E-state index contributed by atoms with van der Waals surface area (Å²) < 4.78 is 13.1. The Kier molecular flexibility index (Phi) is 4.45. The number of nitrogens with one attached hydrogen (secondary N) is 1. The zero-order chi connectivity index (χ0) is 16.2. The van der Waals surface area contributed by atoms with E-state index >= 15 is 0 Å². The number of carbonyl (C=O) groups excluding carboxylic acids is 1. The van der Waals surface area contributed by atoms with Gasteiger partial charge in [0.2, 0.25) is 5.91 Å². The van der Waals surface area contributed by atoms with E-state index in [1.165, 1.54) is 19.2 Å². The summed E-state index contributed by atoms with van der Waals surface area (Å²) in [7, 11) is 0. The second-order valence-corrected chi connectivity index (χ2v) is 5.53. The van der Waals surface area contributed by atoms with Gasteiger partial charge in [0.1, 0.15) is 11.6 Å². The van der Waals surface area contributed by atoms with E-state index < -0.39 is 0 Å². The summed E-state index contributed by atoms with van der Waals surface area (Å²) in [5.74, 6) is 0.291.